The van der Waals surface area contributed by atoms with Crippen molar-refractivity contribution in [1.82, 2.24) is 20.6 Å². The van der Waals surface area contributed by atoms with Crippen molar-refractivity contribution in [2.75, 3.05) is 6.61 Å². The molecule has 0 aliphatic heterocycles. The van der Waals surface area contributed by atoms with Crippen LogP contribution >= 0.6 is 11.3 Å². The van der Waals surface area contributed by atoms with Gasteiger partial charge in [-0.15, -0.1) is 11.3 Å². The number of primary amides is 1. The minimum atomic E-state index is -1.35. The van der Waals surface area contributed by atoms with E-state index in [1.54, 1.807) is 18.5 Å². The van der Waals surface area contributed by atoms with Crippen molar-refractivity contribution in [3.63, 3.8) is 0 Å². The number of ether oxygens (including phenoxy) is 1. The molecule has 0 aliphatic rings. The van der Waals surface area contributed by atoms with Gasteiger partial charge in [0.1, 0.15) is 17.8 Å². The van der Waals surface area contributed by atoms with E-state index in [4.69, 9.17) is 10.5 Å². The zero-order valence-electron chi connectivity index (χ0n) is 30.3. The van der Waals surface area contributed by atoms with E-state index in [1.165, 1.54) is 37.0 Å². The smallest absolute Gasteiger partial charge is 0.326 e. The van der Waals surface area contributed by atoms with Gasteiger partial charge in [-0.2, -0.15) is 0 Å². The van der Waals surface area contributed by atoms with E-state index in [2.05, 4.69) is 27.5 Å². The highest BCUT2D eigenvalue weighted by Gasteiger charge is 2.28. The molecule has 0 spiro atoms. The van der Waals surface area contributed by atoms with E-state index in [1.807, 2.05) is 75.4 Å². The summed E-state index contributed by atoms with van der Waals surface area (Å²) in [4.78, 5) is 60.5. The molecule has 4 rings (SSSR count). The van der Waals surface area contributed by atoms with Crippen LogP contribution in [0.3, 0.4) is 0 Å². The molecule has 0 radical (unpaired) electrons. The van der Waals surface area contributed by atoms with E-state index in [9.17, 15) is 24.3 Å². The van der Waals surface area contributed by atoms with Gasteiger partial charge < -0.3 is 26.2 Å². The summed E-state index contributed by atoms with van der Waals surface area (Å²) in [6, 6.07) is 16.3. The second-order valence-corrected chi connectivity index (χ2v) is 14.9. The normalized spacial score (nSPS) is 12.5. The number of hydrogen-bond donors (Lipinski definition) is 4. The highest BCUT2D eigenvalue weighted by molar-refractivity contribution is 7.14. The second-order valence-electron chi connectivity index (χ2n) is 13.8. The van der Waals surface area contributed by atoms with Crippen LogP contribution < -0.4 is 21.1 Å². The number of amides is 3. The predicted molar refractivity (Wildman–Crippen MR) is 203 cm³/mol. The summed E-state index contributed by atoms with van der Waals surface area (Å²) in [5.41, 5.74) is 8.36. The maximum Gasteiger partial charge on any atom is 0.326 e. The van der Waals surface area contributed by atoms with Crippen molar-refractivity contribution in [3.8, 4) is 28.3 Å². The standard InChI is InChI=1S/C40H49N5O6S/c1-5-6-7-8-9-22-51-30-16-14-27(15-17-30)29-24-42-36(43-25-29)28-12-10-26(11-13-28)23-32(37(47)44-31(39(49)50)18-21-35(41)46)45-38(48)33-19-20-34(52-33)40(2,3)4/h10-17,19-20,24-25,31-32H,5-9,18,21-23H2,1-4H3,(H2,41,46)(H,44,47)(H,45,48)(H,49,50)/t31-,32-/m0/s1. The third-order valence-electron chi connectivity index (χ3n) is 8.49. The van der Waals surface area contributed by atoms with Gasteiger partial charge in [0.05, 0.1) is 11.5 Å². The molecule has 2 heterocycles. The molecule has 276 valence electrons. The Morgan fingerprint density at radius 3 is 2.08 bits per heavy atom. The summed E-state index contributed by atoms with van der Waals surface area (Å²) in [5, 5.41) is 14.9. The molecule has 0 aliphatic carbocycles. The first kappa shape index (κ1) is 39.7. The molecule has 2 atom stereocenters. The zero-order valence-corrected chi connectivity index (χ0v) is 31.1. The Bertz CT molecular complexity index is 1780. The van der Waals surface area contributed by atoms with Crippen molar-refractivity contribution in [2.24, 2.45) is 5.73 Å². The lowest BCUT2D eigenvalue weighted by atomic mass is 9.95. The fourth-order valence-electron chi connectivity index (χ4n) is 5.41. The molecular formula is C40H49N5O6S. The molecule has 0 saturated carbocycles. The molecule has 5 N–H and O–H groups in total. The molecule has 4 aromatic rings. The number of carboxylic acids is 1. The predicted octanol–water partition coefficient (Wildman–Crippen LogP) is 6.69. The maximum absolute atomic E-state index is 13.5. The second kappa shape index (κ2) is 18.9. The Hall–Kier alpha value is -5.10. The van der Waals surface area contributed by atoms with Gasteiger partial charge in [-0.1, -0.05) is 89.8 Å². The Labute approximate surface area is 309 Å². The molecule has 12 heteroatoms. The molecular weight excluding hydrogens is 679 g/mol. The molecule has 0 bridgehead atoms. The Morgan fingerprint density at radius 1 is 0.827 bits per heavy atom. The summed E-state index contributed by atoms with van der Waals surface area (Å²) < 4.78 is 5.88. The molecule has 3 amide bonds. The molecule has 2 aromatic heterocycles. The minimum Gasteiger partial charge on any atom is -0.494 e. The average molecular weight is 728 g/mol. The lowest BCUT2D eigenvalue weighted by Crippen LogP contribution is -2.52. The van der Waals surface area contributed by atoms with Crippen LogP contribution in [-0.4, -0.2) is 57.5 Å². The highest BCUT2D eigenvalue weighted by atomic mass is 32.1. The first-order chi connectivity index (χ1) is 24.8. The number of unbranched alkanes of at least 4 members (excludes halogenated alkanes) is 4. The van der Waals surface area contributed by atoms with E-state index < -0.39 is 35.8 Å². The van der Waals surface area contributed by atoms with Crippen LogP contribution in [0.5, 0.6) is 5.75 Å². The lowest BCUT2D eigenvalue weighted by Gasteiger charge is -2.21. The number of carboxylic acid groups (broad SMARTS) is 1. The zero-order chi connectivity index (χ0) is 37.7. The number of carbonyl (C=O) groups excluding carboxylic acids is 3. The molecule has 0 unspecified atom stereocenters. The number of rotatable bonds is 19. The van der Waals surface area contributed by atoms with Crippen molar-refractivity contribution in [2.45, 2.75) is 96.6 Å². The first-order valence-corrected chi connectivity index (χ1v) is 18.5. The number of nitrogens with two attached hydrogens (primary N) is 1. The Morgan fingerprint density at radius 2 is 1.48 bits per heavy atom. The molecule has 0 fully saturated rings. The third-order valence-corrected chi connectivity index (χ3v) is 10.0. The third kappa shape index (κ3) is 12.0. The van der Waals surface area contributed by atoms with Crippen LogP contribution in [0.2, 0.25) is 0 Å². The van der Waals surface area contributed by atoms with Crippen LogP contribution in [0.4, 0.5) is 0 Å². The largest absolute Gasteiger partial charge is 0.494 e. The number of carbonyl (C=O) groups is 4. The number of benzene rings is 2. The number of aromatic nitrogens is 2. The van der Waals surface area contributed by atoms with Crippen LogP contribution in [0.25, 0.3) is 22.5 Å². The number of hydrogen-bond acceptors (Lipinski definition) is 8. The number of thiophene rings is 1. The van der Waals surface area contributed by atoms with Gasteiger partial charge in [0.2, 0.25) is 11.8 Å². The minimum absolute atomic E-state index is 0.0792. The topological polar surface area (TPSA) is 174 Å². The average Bonchev–Trinajstić information content (AvgIpc) is 3.64. The maximum atomic E-state index is 13.5. The SMILES string of the molecule is CCCCCCCOc1ccc(-c2cnc(-c3ccc(C[C@H](NC(=O)c4ccc(C(C)(C)C)s4)C(=O)N[C@@H](CCC(N)=O)C(=O)O)cc3)nc2)cc1. The van der Waals surface area contributed by atoms with E-state index in [-0.39, 0.29) is 24.7 Å². The van der Waals surface area contributed by atoms with E-state index in [0.29, 0.717) is 17.3 Å². The fraction of sp³-hybridized carbons (Fsp3) is 0.400. The van der Waals surface area contributed by atoms with Gasteiger partial charge in [-0.25, -0.2) is 14.8 Å². The fourth-order valence-corrected chi connectivity index (χ4v) is 6.38. The molecule has 0 saturated heterocycles. The van der Waals surface area contributed by atoms with Crippen molar-refractivity contribution in [1.29, 1.82) is 0 Å². The van der Waals surface area contributed by atoms with Crippen LogP contribution in [0.15, 0.2) is 73.1 Å². The summed E-state index contributed by atoms with van der Waals surface area (Å²) in [6.07, 6.45) is 9.17. The highest BCUT2D eigenvalue weighted by Crippen LogP contribution is 2.29. The van der Waals surface area contributed by atoms with Crippen molar-refractivity contribution in [3.05, 3.63) is 88.4 Å². The van der Waals surface area contributed by atoms with Crippen molar-refractivity contribution >= 4 is 35.0 Å². The van der Waals surface area contributed by atoms with E-state index in [0.717, 1.165) is 39.3 Å². The Kier molecular flexibility index (Phi) is 14.5. The van der Waals surface area contributed by atoms with Gasteiger partial charge in [0, 0.05) is 41.2 Å². The number of nitrogens with zero attached hydrogens (tertiary/aromatic N) is 2. The monoisotopic (exact) mass is 727 g/mol. The van der Waals surface area contributed by atoms with Gasteiger partial charge in [-0.05, 0) is 53.6 Å². The lowest BCUT2D eigenvalue weighted by molar-refractivity contribution is -0.142. The Balaban J connectivity index is 1.43. The summed E-state index contributed by atoms with van der Waals surface area (Å²) in [5.74, 6) is -1.77. The summed E-state index contributed by atoms with van der Waals surface area (Å²) in [6.45, 7) is 9.05. The van der Waals surface area contributed by atoms with Gasteiger partial charge in [0.25, 0.3) is 5.91 Å². The molecule has 11 nitrogen and oxygen atoms in total. The molecule has 2 aromatic carbocycles. The summed E-state index contributed by atoms with van der Waals surface area (Å²) >= 11 is 1.33. The van der Waals surface area contributed by atoms with Gasteiger partial charge >= 0.3 is 5.97 Å². The number of aliphatic carboxylic acids is 1. The van der Waals surface area contributed by atoms with Crippen molar-refractivity contribution < 1.29 is 29.0 Å². The summed E-state index contributed by atoms with van der Waals surface area (Å²) in [7, 11) is 0. The van der Waals surface area contributed by atoms with Gasteiger partial charge in [0.15, 0.2) is 5.82 Å². The quantitative estimate of drug-likeness (QED) is 0.0773. The van der Waals surface area contributed by atoms with E-state index >= 15 is 0 Å². The van der Waals surface area contributed by atoms with Crippen LogP contribution in [-0.2, 0) is 26.2 Å². The number of nitrogens with one attached hydrogen (secondary N) is 2. The van der Waals surface area contributed by atoms with Gasteiger partial charge in [-0.3, -0.25) is 14.4 Å². The molecule has 52 heavy (non-hydrogen) atoms. The van der Waals surface area contributed by atoms with Crippen LogP contribution in [0.1, 0.15) is 92.8 Å². The first-order valence-electron chi connectivity index (χ1n) is 17.7. The van der Waals surface area contributed by atoms with Crippen LogP contribution in [0, 0.1) is 0 Å².